The third-order valence-electron chi connectivity index (χ3n) is 7.61. The van der Waals surface area contributed by atoms with Gasteiger partial charge in [-0.05, 0) is 38.0 Å². The SMILES string of the molecule is O=C(O)CC/C=C\C[C@@H]1[C@H](c2nc(C(=S)NCCCCC3CCCCC3)co2)[C@H]2CC[C@@H]1O2. The Morgan fingerprint density at radius 1 is 1.15 bits per heavy atom. The van der Waals surface area contributed by atoms with Crippen molar-refractivity contribution in [3.63, 3.8) is 0 Å². The number of fused-ring (bicyclic) bond motifs is 2. The molecule has 182 valence electrons. The summed E-state index contributed by atoms with van der Waals surface area (Å²) in [6.07, 6.45) is 20.6. The number of unbranched alkanes of at least 4 members (excludes halogenated alkanes) is 1. The number of thiocarbonyl (C=S) groups is 1. The van der Waals surface area contributed by atoms with E-state index in [-0.39, 0.29) is 24.5 Å². The van der Waals surface area contributed by atoms with Crippen molar-refractivity contribution in [2.45, 2.75) is 102 Å². The predicted octanol–water partition coefficient (Wildman–Crippen LogP) is 5.76. The normalized spacial score (nSPS) is 27.4. The average molecular weight is 475 g/mol. The summed E-state index contributed by atoms with van der Waals surface area (Å²) >= 11 is 5.58. The Morgan fingerprint density at radius 3 is 2.79 bits per heavy atom. The molecule has 1 saturated carbocycles. The average Bonchev–Trinajstić information content (AvgIpc) is 3.55. The molecule has 0 spiro atoms. The number of ether oxygens (including phenoxy) is 1. The van der Waals surface area contributed by atoms with Gasteiger partial charge in [0, 0.05) is 18.9 Å². The van der Waals surface area contributed by atoms with Gasteiger partial charge in [0.25, 0.3) is 0 Å². The van der Waals surface area contributed by atoms with Gasteiger partial charge >= 0.3 is 5.97 Å². The van der Waals surface area contributed by atoms with Gasteiger partial charge in [0.05, 0.1) is 18.1 Å². The number of carboxylic acid groups (broad SMARTS) is 1. The molecule has 3 fully saturated rings. The smallest absolute Gasteiger partial charge is 0.303 e. The summed E-state index contributed by atoms with van der Waals surface area (Å²) in [5.74, 6) is 1.36. The first-order chi connectivity index (χ1) is 16.1. The number of rotatable bonds is 12. The van der Waals surface area contributed by atoms with Gasteiger partial charge in [0.2, 0.25) is 5.89 Å². The zero-order chi connectivity index (χ0) is 23.0. The minimum atomic E-state index is -0.762. The van der Waals surface area contributed by atoms with Crippen LogP contribution in [0.15, 0.2) is 22.8 Å². The van der Waals surface area contributed by atoms with E-state index in [1.54, 1.807) is 6.26 Å². The number of carbonyl (C=O) groups is 1. The first kappa shape index (κ1) is 24.4. The molecule has 1 aliphatic carbocycles. The predicted molar refractivity (Wildman–Crippen MR) is 131 cm³/mol. The second-order valence-corrected chi connectivity index (χ2v) is 10.4. The number of nitrogens with zero attached hydrogens (tertiary/aromatic N) is 1. The Kier molecular flexibility index (Phi) is 8.96. The van der Waals surface area contributed by atoms with E-state index in [9.17, 15) is 4.79 Å². The summed E-state index contributed by atoms with van der Waals surface area (Å²) in [4.78, 5) is 16.1. The highest BCUT2D eigenvalue weighted by Gasteiger charge is 2.51. The van der Waals surface area contributed by atoms with Crippen molar-refractivity contribution < 1.29 is 19.1 Å². The molecular weight excluding hydrogens is 436 g/mol. The van der Waals surface area contributed by atoms with Gasteiger partial charge in [-0.1, -0.05) is 69.3 Å². The van der Waals surface area contributed by atoms with Crippen LogP contribution in [0, 0.1) is 11.8 Å². The van der Waals surface area contributed by atoms with Crippen molar-refractivity contribution in [1.82, 2.24) is 10.3 Å². The van der Waals surface area contributed by atoms with Crippen molar-refractivity contribution in [2.24, 2.45) is 11.8 Å². The second kappa shape index (κ2) is 12.1. The Bertz CT molecular complexity index is 817. The highest BCUT2D eigenvalue weighted by molar-refractivity contribution is 7.80. The minimum Gasteiger partial charge on any atom is -0.481 e. The lowest BCUT2D eigenvalue weighted by molar-refractivity contribution is -0.136. The van der Waals surface area contributed by atoms with Crippen LogP contribution in [0.1, 0.15) is 101 Å². The molecule has 2 N–H and O–H groups in total. The van der Waals surface area contributed by atoms with E-state index in [1.165, 1.54) is 44.9 Å². The number of allylic oxidation sites excluding steroid dienone is 2. The molecule has 0 amide bonds. The highest BCUT2D eigenvalue weighted by Crippen LogP contribution is 2.50. The van der Waals surface area contributed by atoms with Crippen molar-refractivity contribution in [2.75, 3.05) is 6.54 Å². The molecule has 0 unspecified atom stereocenters. The molecule has 0 aromatic carbocycles. The van der Waals surface area contributed by atoms with E-state index in [0.717, 1.165) is 44.0 Å². The molecule has 4 atom stereocenters. The van der Waals surface area contributed by atoms with Crippen LogP contribution in [0.3, 0.4) is 0 Å². The molecule has 6 nitrogen and oxygen atoms in total. The van der Waals surface area contributed by atoms with Crippen LogP contribution < -0.4 is 5.32 Å². The maximum Gasteiger partial charge on any atom is 0.303 e. The Hall–Kier alpha value is -1.73. The fourth-order valence-corrected chi connectivity index (χ4v) is 6.06. The molecule has 2 aliphatic heterocycles. The topological polar surface area (TPSA) is 84.6 Å². The van der Waals surface area contributed by atoms with E-state index in [0.29, 0.717) is 23.0 Å². The maximum atomic E-state index is 10.7. The molecular formula is C26H38N2O4S. The first-order valence-electron chi connectivity index (χ1n) is 12.9. The van der Waals surface area contributed by atoms with Crippen LogP contribution in [0.4, 0.5) is 0 Å². The lowest BCUT2D eigenvalue weighted by Gasteiger charge is -2.24. The van der Waals surface area contributed by atoms with Crippen LogP contribution in [0.25, 0.3) is 0 Å². The number of aliphatic carboxylic acids is 1. The maximum absolute atomic E-state index is 10.7. The van der Waals surface area contributed by atoms with Crippen molar-refractivity contribution in [3.8, 4) is 0 Å². The van der Waals surface area contributed by atoms with Gasteiger partial charge in [-0.15, -0.1) is 0 Å². The first-order valence-corrected chi connectivity index (χ1v) is 13.3. The van der Waals surface area contributed by atoms with Crippen molar-refractivity contribution in [3.05, 3.63) is 30.0 Å². The quantitative estimate of drug-likeness (QED) is 0.226. The summed E-state index contributed by atoms with van der Waals surface area (Å²) < 4.78 is 12.1. The summed E-state index contributed by atoms with van der Waals surface area (Å²) in [6.45, 7) is 0.884. The van der Waals surface area contributed by atoms with Crippen LogP contribution >= 0.6 is 12.2 Å². The number of hydrogen-bond donors (Lipinski definition) is 2. The minimum absolute atomic E-state index is 0.139. The third kappa shape index (κ3) is 6.66. The molecule has 1 aromatic rings. The lowest BCUT2D eigenvalue weighted by Crippen LogP contribution is -2.26. The number of carboxylic acids is 1. The molecule has 2 saturated heterocycles. The van der Waals surface area contributed by atoms with Crippen molar-refractivity contribution >= 4 is 23.2 Å². The van der Waals surface area contributed by atoms with Gasteiger partial charge in [-0.2, -0.15) is 0 Å². The Balaban J connectivity index is 1.23. The van der Waals surface area contributed by atoms with Crippen LogP contribution in [-0.2, 0) is 9.53 Å². The second-order valence-electron chi connectivity index (χ2n) is 9.95. The van der Waals surface area contributed by atoms with Gasteiger partial charge in [-0.3, -0.25) is 4.79 Å². The van der Waals surface area contributed by atoms with Gasteiger partial charge in [-0.25, -0.2) is 4.98 Å². The molecule has 4 rings (SSSR count). The molecule has 1 aromatic heterocycles. The highest BCUT2D eigenvalue weighted by atomic mass is 32.1. The van der Waals surface area contributed by atoms with Gasteiger partial charge in [0.1, 0.15) is 16.9 Å². The molecule has 7 heteroatoms. The van der Waals surface area contributed by atoms with Crippen LogP contribution in [0.2, 0.25) is 0 Å². The van der Waals surface area contributed by atoms with Gasteiger partial charge in [0.15, 0.2) is 0 Å². The Labute approximate surface area is 202 Å². The molecule has 2 bridgehead atoms. The Morgan fingerprint density at radius 2 is 1.97 bits per heavy atom. The van der Waals surface area contributed by atoms with E-state index in [2.05, 4.69) is 11.4 Å². The van der Waals surface area contributed by atoms with E-state index in [1.807, 2.05) is 6.08 Å². The van der Waals surface area contributed by atoms with Crippen LogP contribution in [-0.4, -0.2) is 39.8 Å². The lowest BCUT2D eigenvalue weighted by atomic mass is 9.77. The number of nitrogens with one attached hydrogen (secondary N) is 1. The molecule has 3 heterocycles. The zero-order valence-electron chi connectivity index (χ0n) is 19.5. The number of oxazole rings is 1. The third-order valence-corrected chi connectivity index (χ3v) is 7.97. The number of aromatic nitrogens is 1. The largest absolute Gasteiger partial charge is 0.481 e. The van der Waals surface area contributed by atoms with E-state index < -0.39 is 5.97 Å². The van der Waals surface area contributed by atoms with Crippen LogP contribution in [0.5, 0.6) is 0 Å². The standard InChI is InChI=1S/C26H38N2O4S/c29-23(30)13-6-2-5-12-19-21-14-15-22(32-21)24(19)25-28-20(17-31-25)26(33)27-16-8-7-11-18-9-3-1-4-10-18/h2,5,17-19,21-22,24H,1,3-4,6-16H2,(H,27,33)(H,29,30)/b5-2-/t19-,21-,22+,24-/m0/s1. The van der Waals surface area contributed by atoms with Crippen molar-refractivity contribution in [1.29, 1.82) is 0 Å². The fraction of sp³-hybridized carbons (Fsp3) is 0.731. The fourth-order valence-electron chi connectivity index (χ4n) is 5.87. The molecule has 3 aliphatic rings. The molecule has 33 heavy (non-hydrogen) atoms. The zero-order valence-corrected chi connectivity index (χ0v) is 20.4. The summed E-state index contributed by atoms with van der Waals surface area (Å²) in [6, 6.07) is 0. The van der Waals surface area contributed by atoms with E-state index in [4.69, 9.17) is 31.5 Å². The number of hydrogen-bond acceptors (Lipinski definition) is 5. The van der Waals surface area contributed by atoms with Gasteiger partial charge < -0.3 is 19.6 Å². The summed E-state index contributed by atoms with van der Waals surface area (Å²) in [5.41, 5.74) is 0.714. The van der Waals surface area contributed by atoms with E-state index >= 15 is 0 Å². The summed E-state index contributed by atoms with van der Waals surface area (Å²) in [7, 11) is 0. The molecule has 0 radical (unpaired) electrons. The summed E-state index contributed by atoms with van der Waals surface area (Å²) in [5, 5.41) is 12.2. The monoisotopic (exact) mass is 474 g/mol.